The van der Waals surface area contributed by atoms with Crippen LogP contribution in [-0.4, -0.2) is 47.9 Å². The van der Waals surface area contributed by atoms with E-state index in [2.05, 4.69) is 26.8 Å². The third kappa shape index (κ3) is 7.04. The van der Waals surface area contributed by atoms with Crippen LogP contribution in [0.15, 0.2) is 30.3 Å². The molecule has 8 nitrogen and oxygen atoms in total. The summed E-state index contributed by atoms with van der Waals surface area (Å²) in [5.41, 5.74) is 1.77. The first-order valence-electron chi connectivity index (χ1n) is 15.5. The molecular weight excluding hydrogens is 637 g/mol. The molecule has 1 amide bonds. The van der Waals surface area contributed by atoms with E-state index >= 15 is 0 Å². The highest BCUT2D eigenvalue weighted by Crippen LogP contribution is 2.35. The third-order valence-corrected chi connectivity index (χ3v) is 12.3. The van der Waals surface area contributed by atoms with Crippen molar-refractivity contribution in [3.05, 3.63) is 56.5 Å². The molecule has 1 aromatic carbocycles. The number of amides is 1. The number of nitrogens with one attached hydrogen (secondary N) is 2. The van der Waals surface area contributed by atoms with Gasteiger partial charge in [-0.1, -0.05) is 67.1 Å². The fourth-order valence-corrected chi connectivity index (χ4v) is 9.32. The second-order valence-corrected chi connectivity index (χ2v) is 15.8. The van der Waals surface area contributed by atoms with E-state index < -0.39 is 15.3 Å². The zero-order chi connectivity index (χ0) is 30.7. The minimum Gasteiger partial charge on any atom is -0.276 e. The van der Waals surface area contributed by atoms with E-state index in [-0.39, 0.29) is 18.1 Å². The fraction of sp³-hybridized carbons (Fsp3) is 0.500. The number of H-pyrrole nitrogens is 1. The summed E-state index contributed by atoms with van der Waals surface area (Å²) < 4.78 is 29.3. The van der Waals surface area contributed by atoms with Gasteiger partial charge in [0.1, 0.15) is 0 Å². The Bertz CT molecular complexity index is 1660. The average Bonchev–Trinajstić information content (AvgIpc) is 3.84. The Morgan fingerprint density at radius 3 is 2.48 bits per heavy atom. The lowest BCUT2D eigenvalue weighted by molar-refractivity contribution is 0.0866. The topological polar surface area (TPSA) is 98.4 Å². The second-order valence-electron chi connectivity index (χ2n) is 11.8. The summed E-state index contributed by atoms with van der Waals surface area (Å²) in [6.07, 6.45) is 10.8. The van der Waals surface area contributed by atoms with Crippen molar-refractivity contribution < 1.29 is 13.2 Å². The number of piperidine rings is 1. The minimum atomic E-state index is -3.58. The first-order valence-corrected chi connectivity index (χ1v) is 18.6. The number of aromatic amines is 1. The van der Waals surface area contributed by atoms with Crippen LogP contribution in [-0.2, 0) is 16.6 Å². The molecule has 2 saturated carbocycles. The normalized spacial score (nSPS) is 18.4. The monoisotopic (exact) mass is 673 g/mol. The zero-order valence-corrected chi connectivity index (χ0v) is 27.7. The Labute approximate surface area is 273 Å². The van der Waals surface area contributed by atoms with E-state index in [0.717, 1.165) is 54.7 Å². The van der Waals surface area contributed by atoms with Gasteiger partial charge in [-0.25, -0.2) is 23.2 Å². The molecule has 2 N–H and O–H groups in total. The molecule has 3 fully saturated rings. The zero-order valence-electron chi connectivity index (χ0n) is 24.6. The van der Waals surface area contributed by atoms with Gasteiger partial charge in [-0.3, -0.25) is 9.89 Å². The quantitative estimate of drug-likeness (QED) is 0.243. The van der Waals surface area contributed by atoms with Crippen LogP contribution in [0.3, 0.4) is 0 Å². The molecular formula is C32H37Cl2N5O3S2. The van der Waals surface area contributed by atoms with Gasteiger partial charge in [-0.2, -0.15) is 5.10 Å². The number of hydrogen-bond donors (Lipinski definition) is 2. The van der Waals surface area contributed by atoms with Crippen LogP contribution in [0.5, 0.6) is 0 Å². The predicted octanol–water partition coefficient (Wildman–Crippen LogP) is 7.40. The number of aromatic nitrogens is 2. The van der Waals surface area contributed by atoms with Gasteiger partial charge in [0.05, 0.1) is 31.4 Å². The molecule has 3 aliphatic rings. The predicted molar refractivity (Wildman–Crippen MR) is 177 cm³/mol. The summed E-state index contributed by atoms with van der Waals surface area (Å²) >= 11 is 14.4. The van der Waals surface area contributed by atoms with Crippen LogP contribution in [0, 0.1) is 17.8 Å². The SMILES string of the molecule is O=C(c1n[nH]c(-c2ccc(C#CC3CCCC3)s2)c1CNS(=O)(=O)C1CCCC1)N(c1ccc(Cl)cc1Cl)N1CCCCC1. The smallest absolute Gasteiger partial charge is 0.276 e. The summed E-state index contributed by atoms with van der Waals surface area (Å²) in [4.78, 5) is 16.3. The molecule has 0 atom stereocenters. The summed E-state index contributed by atoms with van der Waals surface area (Å²) in [5, 5.41) is 11.6. The number of carbonyl (C=O) groups is 1. The lowest BCUT2D eigenvalue weighted by atomic mass is 10.1. The summed E-state index contributed by atoms with van der Waals surface area (Å²) in [5.74, 6) is 6.80. The van der Waals surface area contributed by atoms with Gasteiger partial charge in [-0.05, 0) is 68.9 Å². The van der Waals surface area contributed by atoms with Gasteiger partial charge in [0.15, 0.2) is 5.69 Å². The van der Waals surface area contributed by atoms with Crippen molar-refractivity contribution in [3.8, 4) is 22.4 Å². The summed E-state index contributed by atoms with van der Waals surface area (Å²) in [6.45, 7) is 1.30. The van der Waals surface area contributed by atoms with E-state index in [9.17, 15) is 13.2 Å². The van der Waals surface area contributed by atoms with Gasteiger partial charge in [0.2, 0.25) is 10.0 Å². The maximum atomic E-state index is 14.5. The molecule has 234 valence electrons. The van der Waals surface area contributed by atoms with E-state index in [1.165, 1.54) is 24.2 Å². The number of anilines is 1. The Hall–Kier alpha value is -2.39. The van der Waals surface area contributed by atoms with E-state index in [1.54, 1.807) is 23.2 Å². The van der Waals surface area contributed by atoms with Crippen LogP contribution in [0.1, 0.15) is 91.6 Å². The van der Waals surface area contributed by atoms with Crippen molar-refractivity contribution in [1.82, 2.24) is 19.9 Å². The van der Waals surface area contributed by atoms with E-state index in [1.807, 2.05) is 17.1 Å². The molecule has 0 unspecified atom stereocenters. The lowest BCUT2D eigenvalue weighted by Gasteiger charge is -2.37. The van der Waals surface area contributed by atoms with Crippen LogP contribution < -0.4 is 9.73 Å². The molecule has 0 bridgehead atoms. The number of benzene rings is 1. The number of rotatable bonds is 8. The number of carbonyl (C=O) groups excluding carboxylic acids is 1. The lowest BCUT2D eigenvalue weighted by Crippen LogP contribution is -2.49. The number of sulfonamides is 1. The molecule has 3 heterocycles. The van der Waals surface area contributed by atoms with Crippen molar-refractivity contribution in [2.24, 2.45) is 5.92 Å². The molecule has 6 rings (SSSR count). The number of nitrogens with zero attached hydrogens (tertiary/aromatic N) is 3. The Balaban J connectivity index is 1.37. The van der Waals surface area contributed by atoms with Crippen molar-refractivity contribution in [2.45, 2.75) is 82.4 Å². The molecule has 44 heavy (non-hydrogen) atoms. The Morgan fingerprint density at radius 1 is 1.02 bits per heavy atom. The summed E-state index contributed by atoms with van der Waals surface area (Å²) in [7, 11) is -3.58. The second kappa shape index (κ2) is 13.9. The molecule has 2 aromatic heterocycles. The number of hydrogen-bond acceptors (Lipinski definition) is 6. The highest BCUT2D eigenvalue weighted by molar-refractivity contribution is 7.90. The van der Waals surface area contributed by atoms with Crippen LogP contribution in [0.4, 0.5) is 5.69 Å². The van der Waals surface area contributed by atoms with Crippen molar-refractivity contribution >= 4 is 56.2 Å². The third-order valence-electron chi connectivity index (χ3n) is 8.81. The van der Waals surface area contributed by atoms with Crippen LogP contribution >= 0.6 is 34.5 Å². The van der Waals surface area contributed by atoms with Crippen LogP contribution in [0.25, 0.3) is 10.6 Å². The van der Waals surface area contributed by atoms with E-state index in [4.69, 9.17) is 23.2 Å². The molecule has 0 spiro atoms. The highest BCUT2D eigenvalue weighted by atomic mass is 35.5. The standard InChI is InChI=1S/C32H37Cl2N5O3S2/c33-23-13-16-28(27(34)20-23)39(38-18-6-1-7-19-38)32(40)31-26(21-35-44(41,42)25-10-4-5-11-25)30(36-37-31)29-17-15-24(43-29)14-12-22-8-2-3-9-22/h13,15-17,20,22,25,35H,1-11,18-19,21H2,(H,36,37). The molecule has 3 aromatic rings. The van der Waals surface area contributed by atoms with Crippen LogP contribution in [0.2, 0.25) is 10.0 Å². The fourth-order valence-electron chi connectivity index (χ4n) is 6.41. The number of halogens is 2. The molecule has 1 saturated heterocycles. The summed E-state index contributed by atoms with van der Waals surface area (Å²) in [6, 6.07) is 9.00. The van der Waals surface area contributed by atoms with Gasteiger partial charge < -0.3 is 0 Å². The molecule has 2 aliphatic carbocycles. The maximum absolute atomic E-state index is 14.5. The van der Waals surface area contributed by atoms with Gasteiger partial charge in [0.25, 0.3) is 5.91 Å². The van der Waals surface area contributed by atoms with Gasteiger partial charge >= 0.3 is 0 Å². The number of hydrazine groups is 1. The Kier molecular flexibility index (Phi) is 10.0. The average molecular weight is 675 g/mol. The van der Waals surface area contributed by atoms with Gasteiger partial charge in [0, 0.05) is 36.1 Å². The Morgan fingerprint density at radius 2 is 1.75 bits per heavy atom. The van der Waals surface area contributed by atoms with Crippen molar-refractivity contribution in [1.29, 1.82) is 0 Å². The van der Waals surface area contributed by atoms with Crippen molar-refractivity contribution in [2.75, 3.05) is 18.1 Å². The van der Waals surface area contributed by atoms with Crippen molar-refractivity contribution in [3.63, 3.8) is 0 Å². The highest BCUT2D eigenvalue weighted by Gasteiger charge is 2.34. The maximum Gasteiger partial charge on any atom is 0.293 e. The first kappa shape index (κ1) is 31.6. The molecule has 1 aliphatic heterocycles. The molecule has 12 heteroatoms. The minimum absolute atomic E-state index is 0.0606. The molecule has 0 radical (unpaired) electrons. The van der Waals surface area contributed by atoms with Gasteiger partial charge in [-0.15, -0.1) is 11.3 Å². The number of thiophene rings is 1. The first-order chi connectivity index (χ1) is 21.3. The van der Waals surface area contributed by atoms with E-state index in [0.29, 0.717) is 58.8 Å². The largest absolute Gasteiger partial charge is 0.293 e.